The fourth-order valence-electron chi connectivity index (χ4n) is 2.72. The minimum absolute atomic E-state index is 0.0598. The van der Waals surface area contributed by atoms with E-state index in [2.05, 4.69) is 36.1 Å². The average molecular weight is 335 g/mol. The second-order valence-electron chi connectivity index (χ2n) is 4.82. The summed E-state index contributed by atoms with van der Waals surface area (Å²) in [5.41, 5.74) is 2.65. The number of aromatic nitrogens is 2. The Bertz CT molecular complexity index is 661. The van der Waals surface area contributed by atoms with Gasteiger partial charge in [0.1, 0.15) is 11.6 Å². The first-order chi connectivity index (χ1) is 9.70. The number of nitrogens with zero attached hydrogens (tertiary/aromatic N) is 3. The number of carbonyl (C=O) groups is 1. The lowest BCUT2D eigenvalue weighted by Crippen LogP contribution is -2.42. The molecule has 1 amide bonds. The predicted octanol–water partition coefficient (Wildman–Crippen LogP) is 2.11. The van der Waals surface area contributed by atoms with Gasteiger partial charge in [0.05, 0.1) is 11.2 Å². The SMILES string of the molecule is CNC(=O)C1CCCN1c1ccnc2cc(Br)cnc12. The van der Waals surface area contributed by atoms with Crippen LogP contribution in [-0.4, -0.2) is 35.5 Å². The van der Waals surface area contributed by atoms with E-state index in [1.165, 1.54) is 0 Å². The van der Waals surface area contributed by atoms with Crippen LogP contribution in [0.5, 0.6) is 0 Å². The number of hydrogen-bond acceptors (Lipinski definition) is 4. The van der Waals surface area contributed by atoms with Crippen LogP contribution in [0, 0.1) is 0 Å². The molecule has 0 aliphatic carbocycles. The fourth-order valence-corrected chi connectivity index (χ4v) is 3.04. The Balaban J connectivity index is 2.07. The van der Waals surface area contributed by atoms with Crippen molar-refractivity contribution in [3.8, 4) is 0 Å². The number of likely N-dealkylation sites (N-methyl/N-ethyl adjacent to an activating group) is 1. The zero-order valence-corrected chi connectivity index (χ0v) is 12.7. The van der Waals surface area contributed by atoms with Crippen LogP contribution in [0.1, 0.15) is 12.8 Å². The van der Waals surface area contributed by atoms with Crippen LogP contribution in [0.4, 0.5) is 5.69 Å². The van der Waals surface area contributed by atoms with Crippen molar-refractivity contribution in [1.82, 2.24) is 15.3 Å². The van der Waals surface area contributed by atoms with Crippen LogP contribution in [0.25, 0.3) is 11.0 Å². The van der Waals surface area contributed by atoms with E-state index in [0.29, 0.717) is 0 Å². The third-order valence-electron chi connectivity index (χ3n) is 3.63. The standard InChI is InChI=1S/C14H15BrN4O/c1-16-14(20)12-3-2-6-19(12)11-4-5-17-10-7-9(15)8-18-13(10)11/h4-5,7-8,12H,2-3,6H2,1H3,(H,16,20). The van der Waals surface area contributed by atoms with Gasteiger partial charge in [-0.2, -0.15) is 0 Å². The minimum Gasteiger partial charge on any atom is -0.358 e. The van der Waals surface area contributed by atoms with Crippen LogP contribution in [0.15, 0.2) is 29.0 Å². The van der Waals surface area contributed by atoms with Crippen molar-refractivity contribution < 1.29 is 4.79 Å². The van der Waals surface area contributed by atoms with Crippen LogP contribution >= 0.6 is 15.9 Å². The van der Waals surface area contributed by atoms with Crippen LogP contribution in [0.3, 0.4) is 0 Å². The largest absolute Gasteiger partial charge is 0.358 e. The Labute approximate surface area is 125 Å². The summed E-state index contributed by atoms with van der Waals surface area (Å²) in [6.45, 7) is 0.870. The molecule has 0 radical (unpaired) electrons. The molecule has 1 aliphatic rings. The van der Waals surface area contributed by atoms with Crippen molar-refractivity contribution in [2.24, 2.45) is 0 Å². The summed E-state index contributed by atoms with van der Waals surface area (Å²) in [6, 6.07) is 3.76. The maximum Gasteiger partial charge on any atom is 0.242 e. The fraction of sp³-hybridized carbons (Fsp3) is 0.357. The summed E-state index contributed by atoms with van der Waals surface area (Å²) < 4.78 is 0.902. The van der Waals surface area contributed by atoms with Gasteiger partial charge in [-0.15, -0.1) is 0 Å². The molecule has 0 aromatic carbocycles. The molecule has 3 heterocycles. The van der Waals surface area contributed by atoms with E-state index in [0.717, 1.165) is 40.6 Å². The third kappa shape index (κ3) is 2.24. The molecule has 1 atom stereocenters. The van der Waals surface area contributed by atoms with E-state index >= 15 is 0 Å². The predicted molar refractivity (Wildman–Crippen MR) is 81.7 cm³/mol. The lowest BCUT2D eigenvalue weighted by molar-refractivity contribution is -0.121. The first-order valence-corrected chi connectivity index (χ1v) is 7.38. The lowest BCUT2D eigenvalue weighted by Gasteiger charge is -2.26. The summed E-state index contributed by atoms with van der Waals surface area (Å²) >= 11 is 3.41. The van der Waals surface area contributed by atoms with Crippen molar-refractivity contribution in [3.05, 3.63) is 29.0 Å². The molecule has 2 aromatic rings. The molecule has 3 rings (SSSR count). The molecule has 0 spiro atoms. The highest BCUT2D eigenvalue weighted by molar-refractivity contribution is 9.10. The Kier molecular flexibility index (Phi) is 3.56. The molecule has 1 saturated heterocycles. The number of amides is 1. The van der Waals surface area contributed by atoms with Gasteiger partial charge in [0.25, 0.3) is 0 Å². The second kappa shape index (κ2) is 5.36. The van der Waals surface area contributed by atoms with Crippen LogP contribution in [0.2, 0.25) is 0 Å². The summed E-state index contributed by atoms with van der Waals surface area (Å²) in [7, 11) is 1.68. The number of anilines is 1. The van der Waals surface area contributed by atoms with Gasteiger partial charge in [-0.3, -0.25) is 14.8 Å². The molecule has 1 unspecified atom stereocenters. The molecule has 104 valence electrons. The smallest absolute Gasteiger partial charge is 0.242 e. The first kappa shape index (κ1) is 13.3. The highest BCUT2D eigenvalue weighted by Gasteiger charge is 2.31. The highest BCUT2D eigenvalue weighted by Crippen LogP contribution is 2.31. The molecule has 2 aromatic heterocycles. The molecule has 1 fully saturated rings. The first-order valence-electron chi connectivity index (χ1n) is 6.59. The van der Waals surface area contributed by atoms with Crippen molar-refractivity contribution in [1.29, 1.82) is 0 Å². The second-order valence-corrected chi connectivity index (χ2v) is 5.73. The Morgan fingerprint density at radius 1 is 1.50 bits per heavy atom. The van der Waals surface area contributed by atoms with Gasteiger partial charge in [0, 0.05) is 30.5 Å². The Morgan fingerprint density at radius 3 is 3.15 bits per heavy atom. The van der Waals surface area contributed by atoms with E-state index in [9.17, 15) is 4.79 Å². The van der Waals surface area contributed by atoms with Crippen molar-refractivity contribution in [2.45, 2.75) is 18.9 Å². The number of nitrogens with one attached hydrogen (secondary N) is 1. The number of pyridine rings is 2. The number of rotatable bonds is 2. The molecular formula is C14H15BrN4O. The zero-order chi connectivity index (χ0) is 14.1. The van der Waals surface area contributed by atoms with Gasteiger partial charge >= 0.3 is 0 Å². The molecule has 0 bridgehead atoms. The van der Waals surface area contributed by atoms with Gasteiger partial charge < -0.3 is 10.2 Å². The van der Waals surface area contributed by atoms with Gasteiger partial charge in [0.15, 0.2) is 0 Å². The molecule has 20 heavy (non-hydrogen) atoms. The van der Waals surface area contributed by atoms with E-state index in [1.807, 2.05) is 12.1 Å². The van der Waals surface area contributed by atoms with Crippen LogP contribution in [-0.2, 0) is 4.79 Å². The molecule has 5 nitrogen and oxygen atoms in total. The van der Waals surface area contributed by atoms with E-state index < -0.39 is 0 Å². The molecule has 0 saturated carbocycles. The summed E-state index contributed by atoms with van der Waals surface area (Å²) in [4.78, 5) is 22.9. The quantitative estimate of drug-likeness (QED) is 0.913. The minimum atomic E-state index is -0.115. The Hall–Kier alpha value is -1.69. The summed E-state index contributed by atoms with van der Waals surface area (Å²) in [6.07, 6.45) is 5.42. The van der Waals surface area contributed by atoms with Gasteiger partial charge in [-0.05, 0) is 40.9 Å². The van der Waals surface area contributed by atoms with Gasteiger partial charge in [-0.25, -0.2) is 0 Å². The average Bonchev–Trinajstić information content (AvgIpc) is 2.94. The van der Waals surface area contributed by atoms with E-state index in [1.54, 1.807) is 19.4 Å². The van der Waals surface area contributed by atoms with E-state index in [4.69, 9.17) is 0 Å². The number of carbonyl (C=O) groups excluding carboxylic acids is 1. The van der Waals surface area contributed by atoms with Gasteiger partial charge in [0.2, 0.25) is 5.91 Å². The molecular weight excluding hydrogens is 320 g/mol. The number of fused-ring (bicyclic) bond motifs is 1. The van der Waals surface area contributed by atoms with Gasteiger partial charge in [-0.1, -0.05) is 0 Å². The summed E-state index contributed by atoms with van der Waals surface area (Å²) in [5, 5.41) is 2.74. The maximum absolute atomic E-state index is 12.0. The third-order valence-corrected chi connectivity index (χ3v) is 4.07. The maximum atomic E-state index is 12.0. The molecule has 6 heteroatoms. The Morgan fingerprint density at radius 2 is 2.35 bits per heavy atom. The van der Waals surface area contributed by atoms with Crippen molar-refractivity contribution in [3.63, 3.8) is 0 Å². The zero-order valence-electron chi connectivity index (χ0n) is 11.1. The van der Waals surface area contributed by atoms with Crippen LogP contribution < -0.4 is 10.2 Å². The van der Waals surface area contributed by atoms with Crippen molar-refractivity contribution >= 4 is 38.6 Å². The monoisotopic (exact) mass is 334 g/mol. The topological polar surface area (TPSA) is 58.1 Å². The number of hydrogen-bond donors (Lipinski definition) is 1. The molecule has 1 N–H and O–H groups in total. The normalized spacial score (nSPS) is 18.5. The highest BCUT2D eigenvalue weighted by atomic mass is 79.9. The summed E-state index contributed by atoms with van der Waals surface area (Å²) in [5.74, 6) is 0.0598. The van der Waals surface area contributed by atoms with E-state index in [-0.39, 0.29) is 11.9 Å². The lowest BCUT2D eigenvalue weighted by atomic mass is 10.2. The molecule has 1 aliphatic heterocycles. The van der Waals surface area contributed by atoms with Crippen molar-refractivity contribution in [2.75, 3.05) is 18.5 Å². The number of halogens is 1.